The summed E-state index contributed by atoms with van der Waals surface area (Å²) in [5, 5.41) is 2.45. The molecule has 2 aromatic carbocycles. The van der Waals surface area contributed by atoms with Crippen LogP contribution in [0.5, 0.6) is 11.5 Å². The summed E-state index contributed by atoms with van der Waals surface area (Å²) in [6.07, 6.45) is 3.31. The molecule has 1 aromatic heterocycles. The maximum atomic E-state index is 13.3. The van der Waals surface area contributed by atoms with Crippen LogP contribution in [-0.2, 0) is 16.1 Å². The number of amides is 4. The summed E-state index contributed by atoms with van der Waals surface area (Å²) in [6, 6.07) is 13.4. The van der Waals surface area contributed by atoms with Crippen LogP contribution in [0, 0.1) is 6.92 Å². The molecule has 1 aliphatic heterocycles. The summed E-state index contributed by atoms with van der Waals surface area (Å²) in [4.78, 5) is 39.2. The van der Waals surface area contributed by atoms with Gasteiger partial charge in [-0.3, -0.25) is 14.9 Å². The van der Waals surface area contributed by atoms with Crippen molar-refractivity contribution in [2.45, 2.75) is 33.2 Å². The van der Waals surface area contributed by atoms with Gasteiger partial charge in [0.25, 0.3) is 11.8 Å². The molecule has 3 aromatic rings. The molecule has 8 nitrogen and oxygen atoms in total. The van der Waals surface area contributed by atoms with E-state index >= 15 is 0 Å². The number of halogens is 1. The number of rotatable bonds is 8. The molecular formula is C28H28ClN3O5. The number of hydrogen-bond acceptors (Lipinski definition) is 5. The van der Waals surface area contributed by atoms with Gasteiger partial charge in [-0.15, -0.1) is 0 Å². The molecule has 1 N–H and O–H groups in total. The largest absolute Gasteiger partial charge is 0.495 e. The van der Waals surface area contributed by atoms with Crippen LogP contribution in [0.25, 0.3) is 6.08 Å². The number of benzene rings is 2. The van der Waals surface area contributed by atoms with Gasteiger partial charge >= 0.3 is 6.03 Å². The number of imide groups is 2. The Labute approximate surface area is 220 Å². The van der Waals surface area contributed by atoms with E-state index in [-0.39, 0.29) is 16.3 Å². The molecule has 1 aliphatic rings. The van der Waals surface area contributed by atoms with Gasteiger partial charge in [0.2, 0.25) is 0 Å². The highest BCUT2D eigenvalue weighted by atomic mass is 35.5. The lowest BCUT2D eigenvalue weighted by Gasteiger charge is -2.26. The highest BCUT2D eigenvalue weighted by Crippen LogP contribution is 2.31. The van der Waals surface area contributed by atoms with E-state index in [4.69, 9.17) is 21.1 Å². The lowest BCUT2D eigenvalue weighted by molar-refractivity contribution is -0.122. The van der Waals surface area contributed by atoms with Crippen molar-refractivity contribution in [3.8, 4) is 11.5 Å². The molecule has 1 fully saturated rings. The topological polar surface area (TPSA) is 89.9 Å². The molecule has 0 radical (unpaired) electrons. The van der Waals surface area contributed by atoms with E-state index in [9.17, 15) is 14.4 Å². The van der Waals surface area contributed by atoms with E-state index in [1.54, 1.807) is 12.1 Å². The second kappa shape index (κ2) is 10.9. The van der Waals surface area contributed by atoms with Gasteiger partial charge in [-0.2, -0.15) is 0 Å². The zero-order valence-electron chi connectivity index (χ0n) is 21.1. The van der Waals surface area contributed by atoms with Gasteiger partial charge in [-0.1, -0.05) is 37.6 Å². The highest BCUT2D eigenvalue weighted by molar-refractivity contribution is 6.39. The molecule has 0 bridgehead atoms. The number of anilines is 1. The van der Waals surface area contributed by atoms with Crippen LogP contribution >= 0.6 is 11.6 Å². The van der Waals surface area contributed by atoms with E-state index in [2.05, 4.69) is 31.3 Å². The third-order valence-corrected chi connectivity index (χ3v) is 6.33. The number of carbonyl (C=O) groups excluding carboxylic acids is 3. The van der Waals surface area contributed by atoms with Crippen molar-refractivity contribution >= 4 is 41.2 Å². The van der Waals surface area contributed by atoms with Crippen LogP contribution in [0.1, 0.15) is 36.6 Å². The van der Waals surface area contributed by atoms with Crippen LogP contribution in [0.2, 0.25) is 5.02 Å². The molecule has 192 valence electrons. The second-order valence-corrected chi connectivity index (χ2v) is 9.35. The predicted molar refractivity (Wildman–Crippen MR) is 142 cm³/mol. The Morgan fingerprint density at radius 2 is 1.84 bits per heavy atom. The standard InChI is InChI=1S/C28H28ClN3O5/c1-17(2)21-9-7-18(3)14-25(21)37-13-12-31-11-5-6-19(31)15-22-26(33)30-28(35)32(27(22)34)20-8-10-24(36-4)23(29)16-20/h5-11,14-17H,12-13H2,1-4H3,(H,30,33,35). The zero-order chi connectivity index (χ0) is 26.7. The second-order valence-electron chi connectivity index (χ2n) is 8.95. The minimum absolute atomic E-state index is 0.173. The molecule has 0 saturated carbocycles. The van der Waals surface area contributed by atoms with Crippen molar-refractivity contribution in [3.05, 3.63) is 82.1 Å². The van der Waals surface area contributed by atoms with Crippen molar-refractivity contribution in [1.29, 1.82) is 0 Å². The number of carbonyl (C=O) groups is 3. The first-order valence-corrected chi connectivity index (χ1v) is 12.2. The average molecular weight is 522 g/mol. The van der Waals surface area contributed by atoms with E-state index < -0.39 is 17.8 Å². The Hall–Kier alpha value is -4.04. The third kappa shape index (κ3) is 5.54. The van der Waals surface area contributed by atoms with Gasteiger partial charge in [-0.25, -0.2) is 9.69 Å². The third-order valence-electron chi connectivity index (χ3n) is 6.03. The quantitative estimate of drug-likeness (QED) is 0.320. The number of nitrogens with one attached hydrogen (secondary N) is 1. The molecule has 0 unspecified atom stereocenters. The normalized spacial score (nSPS) is 14.9. The average Bonchev–Trinajstić information content (AvgIpc) is 3.28. The van der Waals surface area contributed by atoms with E-state index in [1.165, 1.54) is 25.3 Å². The van der Waals surface area contributed by atoms with E-state index in [0.29, 0.717) is 30.5 Å². The first-order chi connectivity index (χ1) is 17.7. The van der Waals surface area contributed by atoms with E-state index in [0.717, 1.165) is 21.8 Å². The van der Waals surface area contributed by atoms with Gasteiger partial charge in [0.15, 0.2) is 0 Å². The number of ether oxygens (including phenoxy) is 2. The maximum Gasteiger partial charge on any atom is 0.335 e. The molecule has 1 saturated heterocycles. The van der Waals surface area contributed by atoms with Gasteiger partial charge in [0, 0.05) is 11.9 Å². The van der Waals surface area contributed by atoms with Gasteiger partial charge < -0.3 is 14.0 Å². The summed E-state index contributed by atoms with van der Waals surface area (Å²) in [7, 11) is 1.46. The van der Waals surface area contributed by atoms with Crippen LogP contribution in [0.15, 0.2) is 60.3 Å². The zero-order valence-corrected chi connectivity index (χ0v) is 21.8. The lowest BCUT2D eigenvalue weighted by Crippen LogP contribution is -2.54. The summed E-state index contributed by atoms with van der Waals surface area (Å²) >= 11 is 6.18. The fourth-order valence-corrected chi connectivity index (χ4v) is 4.35. The molecule has 37 heavy (non-hydrogen) atoms. The van der Waals surface area contributed by atoms with Gasteiger partial charge in [0.05, 0.1) is 24.4 Å². The minimum atomic E-state index is -0.851. The first-order valence-electron chi connectivity index (χ1n) is 11.8. The number of methoxy groups -OCH3 is 1. The Morgan fingerprint density at radius 1 is 1.05 bits per heavy atom. The minimum Gasteiger partial charge on any atom is -0.495 e. The van der Waals surface area contributed by atoms with Gasteiger partial charge in [0.1, 0.15) is 23.7 Å². The Balaban J connectivity index is 1.54. The molecule has 4 rings (SSSR count). The molecule has 0 atom stereocenters. The highest BCUT2D eigenvalue weighted by Gasteiger charge is 2.37. The lowest BCUT2D eigenvalue weighted by atomic mass is 10.0. The monoisotopic (exact) mass is 521 g/mol. The molecule has 0 aliphatic carbocycles. The van der Waals surface area contributed by atoms with Crippen molar-refractivity contribution in [2.75, 3.05) is 18.6 Å². The number of hydrogen-bond donors (Lipinski definition) is 1. The summed E-state index contributed by atoms with van der Waals surface area (Å²) in [5.41, 5.74) is 2.92. The Bertz CT molecular complexity index is 1390. The molecule has 9 heteroatoms. The summed E-state index contributed by atoms with van der Waals surface area (Å²) in [5.74, 6) is 0.0469. The predicted octanol–water partition coefficient (Wildman–Crippen LogP) is 5.33. The smallest absolute Gasteiger partial charge is 0.335 e. The Kier molecular flexibility index (Phi) is 7.69. The van der Waals surface area contributed by atoms with Crippen molar-refractivity contribution in [2.24, 2.45) is 0 Å². The van der Waals surface area contributed by atoms with Crippen LogP contribution in [0.3, 0.4) is 0 Å². The number of barbiturate groups is 1. The van der Waals surface area contributed by atoms with Crippen molar-refractivity contribution in [1.82, 2.24) is 9.88 Å². The molecular weight excluding hydrogens is 494 g/mol. The van der Waals surface area contributed by atoms with Gasteiger partial charge in [-0.05, 0) is 66.4 Å². The maximum absolute atomic E-state index is 13.3. The first kappa shape index (κ1) is 26.0. The van der Waals surface area contributed by atoms with Crippen LogP contribution in [0.4, 0.5) is 10.5 Å². The van der Waals surface area contributed by atoms with Crippen molar-refractivity contribution in [3.63, 3.8) is 0 Å². The number of aryl methyl sites for hydroxylation is 1. The van der Waals surface area contributed by atoms with E-state index in [1.807, 2.05) is 29.8 Å². The number of aromatic nitrogens is 1. The molecule has 0 spiro atoms. The summed E-state index contributed by atoms with van der Waals surface area (Å²) in [6.45, 7) is 7.14. The Morgan fingerprint density at radius 3 is 2.54 bits per heavy atom. The molecule has 2 heterocycles. The summed E-state index contributed by atoms with van der Waals surface area (Å²) < 4.78 is 13.1. The SMILES string of the molecule is COc1ccc(N2C(=O)NC(=O)C(=Cc3cccn3CCOc3cc(C)ccc3C(C)C)C2=O)cc1Cl. The van der Waals surface area contributed by atoms with Crippen molar-refractivity contribution < 1.29 is 23.9 Å². The fourth-order valence-electron chi connectivity index (χ4n) is 4.09. The molecule has 4 amide bonds. The van der Waals surface area contributed by atoms with Crippen LogP contribution < -0.4 is 19.7 Å². The number of urea groups is 1. The fraction of sp³-hybridized carbons (Fsp3) is 0.250. The van der Waals surface area contributed by atoms with Crippen LogP contribution in [-0.4, -0.2) is 36.1 Å². The number of nitrogens with zero attached hydrogens (tertiary/aromatic N) is 2.